The smallest absolute Gasteiger partial charge is 0.143 e. The quantitative estimate of drug-likeness (QED) is 0.681. The molecule has 0 fully saturated rings. The Kier molecular flexibility index (Phi) is 2.37. The Morgan fingerprint density at radius 3 is 3.00 bits per heavy atom. The van der Waals surface area contributed by atoms with Crippen molar-refractivity contribution in [2.24, 2.45) is 5.73 Å². The van der Waals surface area contributed by atoms with E-state index in [1.807, 2.05) is 6.07 Å². The molecule has 2 rings (SSSR count). The van der Waals surface area contributed by atoms with Crippen LogP contribution in [0.3, 0.4) is 0 Å². The highest BCUT2D eigenvalue weighted by atomic mass is 16.3. The van der Waals surface area contributed by atoms with Gasteiger partial charge in [-0.15, -0.1) is 0 Å². The maximum atomic E-state index is 9.50. The highest BCUT2D eigenvalue weighted by molar-refractivity contribution is 5.81. The predicted octanol–water partition coefficient (Wildman–Crippen LogP) is 1.16. The molecule has 1 aromatic carbocycles. The van der Waals surface area contributed by atoms with Crippen LogP contribution in [0.4, 0.5) is 0 Å². The van der Waals surface area contributed by atoms with Gasteiger partial charge < -0.3 is 15.8 Å². The Morgan fingerprint density at radius 2 is 2.29 bits per heavy atom. The molecule has 0 bridgehead atoms. The zero-order chi connectivity index (χ0) is 9.97. The van der Waals surface area contributed by atoms with Crippen molar-refractivity contribution in [1.29, 1.82) is 0 Å². The summed E-state index contributed by atoms with van der Waals surface area (Å²) in [4.78, 5) is 7.43. The Balaban J connectivity index is 2.36. The predicted molar refractivity (Wildman–Crippen MR) is 55.1 cm³/mol. The fourth-order valence-corrected chi connectivity index (χ4v) is 1.46. The van der Waals surface area contributed by atoms with Crippen LogP contribution in [-0.4, -0.2) is 21.6 Å². The summed E-state index contributed by atoms with van der Waals surface area (Å²) in [6, 6.07) is 5.33. The zero-order valence-electron chi connectivity index (χ0n) is 7.83. The number of rotatable bonds is 3. The monoisotopic (exact) mass is 191 g/mol. The molecule has 14 heavy (non-hydrogen) atoms. The molecular formula is C10H13N3O. The number of nitrogens with zero attached hydrogens (tertiary/aromatic N) is 1. The molecule has 74 valence electrons. The van der Waals surface area contributed by atoms with E-state index < -0.39 is 0 Å². The standard InChI is InChI=1S/C10H13N3O/c11-6-2-5-9-12-7-3-1-4-8(14)10(7)13-9/h1,3-4,14H,2,5-6,11H2,(H,12,13). The number of nitrogens with one attached hydrogen (secondary N) is 1. The van der Waals surface area contributed by atoms with Crippen molar-refractivity contribution in [2.75, 3.05) is 6.54 Å². The second-order valence-electron chi connectivity index (χ2n) is 3.25. The lowest BCUT2D eigenvalue weighted by molar-refractivity contribution is 0.480. The maximum absolute atomic E-state index is 9.50. The SMILES string of the molecule is NCCCc1nc2c(O)cccc2[nH]1. The molecular weight excluding hydrogens is 178 g/mol. The Bertz CT molecular complexity index is 436. The van der Waals surface area contributed by atoms with Gasteiger partial charge in [0.2, 0.25) is 0 Å². The van der Waals surface area contributed by atoms with Crippen molar-refractivity contribution < 1.29 is 5.11 Å². The van der Waals surface area contributed by atoms with Crippen LogP contribution in [0.25, 0.3) is 11.0 Å². The van der Waals surface area contributed by atoms with E-state index in [0.717, 1.165) is 24.2 Å². The van der Waals surface area contributed by atoms with Crippen molar-refractivity contribution in [1.82, 2.24) is 9.97 Å². The maximum Gasteiger partial charge on any atom is 0.143 e. The summed E-state index contributed by atoms with van der Waals surface area (Å²) in [6.07, 6.45) is 1.73. The molecule has 0 spiro atoms. The second kappa shape index (κ2) is 3.67. The number of aromatic nitrogens is 2. The molecule has 0 saturated carbocycles. The van der Waals surface area contributed by atoms with E-state index in [0.29, 0.717) is 12.1 Å². The van der Waals surface area contributed by atoms with E-state index in [1.165, 1.54) is 0 Å². The number of phenols is 1. The van der Waals surface area contributed by atoms with Crippen LogP contribution in [0, 0.1) is 0 Å². The molecule has 0 amide bonds. The lowest BCUT2D eigenvalue weighted by Gasteiger charge is -1.91. The first-order valence-corrected chi connectivity index (χ1v) is 4.68. The summed E-state index contributed by atoms with van der Waals surface area (Å²) >= 11 is 0. The van der Waals surface area contributed by atoms with Crippen molar-refractivity contribution >= 4 is 11.0 Å². The van der Waals surface area contributed by atoms with Crippen LogP contribution in [0.15, 0.2) is 18.2 Å². The molecule has 0 aliphatic heterocycles. The van der Waals surface area contributed by atoms with Crippen molar-refractivity contribution in [3.63, 3.8) is 0 Å². The number of imidazole rings is 1. The molecule has 0 aliphatic carbocycles. The van der Waals surface area contributed by atoms with Crippen LogP contribution in [0.1, 0.15) is 12.2 Å². The number of para-hydroxylation sites is 1. The number of benzene rings is 1. The molecule has 4 N–H and O–H groups in total. The van der Waals surface area contributed by atoms with E-state index >= 15 is 0 Å². The molecule has 2 aromatic rings. The van der Waals surface area contributed by atoms with E-state index in [9.17, 15) is 5.11 Å². The molecule has 4 heteroatoms. The first-order chi connectivity index (χ1) is 6.81. The Labute approximate surface area is 81.8 Å². The summed E-state index contributed by atoms with van der Waals surface area (Å²) in [5, 5.41) is 9.50. The minimum atomic E-state index is 0.220. The molecule has 0 aliphatic rings. The number of aromatic amines is 1. The fourth-order valence-electron chi connectivity index (χ4n) is 1.46. The van der Waals surface area contributed by atoms with E-state index in [1.54, 1.807) is 12.1 Å². The van der Waals surface area contributed by atoms with Gasteiger partial charge >= 0.3 is 0 Å². The van der Waals surface area contributed by atoms with Gasteiger partial charge in [0.15, 0.2) is 0 Å². The number of nitrogens with two attached hydrogens (primary N) is 1. The van der Waals surface area contributed by atoms with Gasteiger partial charge in [0.1, 0.15) is 17.1 Å². The highest BCUT2D eigenvalue weighted by Gasteiger charge is 2.05. The van der Waals surface area contributed by atoms with Gasteiger partial charge in [-0.3, -0.25) is 0 Å². The number of H-pyrrole nitrogens is 1. The molecule has 1 heterocycles. The summed E-state index contributed by atoms with van der Waals surface area (Å²) in [5.74, 6) is 1.10. The minimum Gasteiger partial charge on any atom is -0.506 e. The average Bonchev–Trinajstić information content (AvgIpc) is 2.59. The third kappa shape index (κ3) is 1.56. The van der Waals surface area contributed by atoms with E-state index in [4.69, 9.17) is 5.73 Å². The third-order valence-electron chi connectivity index (χ3n) is 2.16. The lowest BCUT2D eigenvalue weighted by Crippen LogP contribution is -2.01. The van der Waals surface area contributed by atoms with Crippen LogP contribution in [0.5, 0.6) is 5.75 Å². The van der Waals surface area contributed by atoms with Crippen LogP contribution in [0.2, 0.25) is 0 Å². The van der Waals surface area contributed by atoms with Crippen molar-refractivity contribution in [3.8, 4) is 5.75 Å². The van der Waals surface area contributed by atoms with Crippen LogP contribution < -0.4 is 5.73 Å². The van der Waals surface area contributed by atoms with Crippen LogP contribution >= 0.6 is 0 Å². The van der Waals surface area contributed by atoms with Gasteiger partial charge in [0.25, 0.3) is 0 Å². The molecule has 0 saturated heterocycles. The van der Waals surface area contributed by atoms with Gasteiger partial charge in [-0.05, 0) is 25.1 Å². The van der Waals surface area contributed by atoms with E-state index in [-0.39, 0.29) is 5.75 Å². The molecule has 1 aromatic heterocycles. The first kappa shape index (κ1) is 9.02. The number of hydrogen-bond acceptors (Lipinski definition) is 3. The van der Waals surface area contributed by atoms with Gasteiger partial charge in [-0.2, -0.15) is 0 Å². The first-order valence-electron chi connectivity index (χ1n) is 4.68. The lowest BCUT2D eigenvalue weighted by atomic mass is 10.3. The summed E-state index contributed by atoms with van der Waals surface area (Å²) in [7, 11) is 0. The average molecular weight is 191 g/mol. The number of hydrogen-bond donors (Lipinski definition) is 3. The normalized spacial score (nSPS) is 10.9. The van der Waals surface area contributed by atoms with Gasteiger partial charge in [-0.1, -0.05) is 6.07 Å². The Hall–Kier alpha value is -1.55. The number of fused-ring (bicyclic) bond motifs is 1. The summed E-state index contributed by atoms with van der Waals surface area (Å²) in [5.41, 5.74) is 6.92. The molecule has 0 radical (unpaired) electrons. The number of aromatic hydroxyl groups is 1. The summed E-state index contributed by atoms with van der Waals surface area (Å²) < 4.78 is 0. The van der Waals surface area contributed by atoms with E-state index in [2.05, 4.69) is 9.97 Å². The highest BCUT2D eigenvalue weighted by Crippen LogP contribution is 2.21. The molecule has 4 nitrogen and oxygen atoms in total. The summed E-state index contributed by atoms with van der Waals surface area (Å²) in [6.45, 7) is 0.656. The van der Waals surface area contributed by atoms with Crippen molar-refractivity contribution in [3.05, 3.63) is 24.0 Å². The number of phenolic OH excluding ortho intramolecular Hbond substituents is 1. The van der Waals surface area contributed by atoms with Crippen LogP contribution in [-0.2, 0) is 6.42 Å². The topological polar surface area (TPSA) is 74.9 Å². The number of aryl methyl sites for hydroxylation is 1. The third-order valence-corrected chi connectivity index (χ3v) is 2.16. The van der Waals surface area contributed by atoms with Gasteiger partial charge in [0, 0.05) is 6.42 Å². The molecule has 0 unspecified atom stereocenters. The minimum absolute atomic E-state index is 0.220. The zero-order valence-corrected chi connectivity index (χ0v) is 7.83. The van der Waals surface area contributed by atoms with Gasteiger partial charge in [-0.25, -0.2) is 4.98 Å². The fraction of sp³-hybridized carbons (Fsp3) is 0.300. The van der Waals surface area contributed by atoms with Crippen molar-refractivity contribution in [2.45, 2.75) is 12.8 Å². The Morgan fingerprint density at radius 1 is 1.43 bits per heavy atom. The second-order valence-corrected chi connectivity index (χ2v) is 3.25. The van der Waals surface area contributed by atoms with Gasteiger partial charge in [0.05, 0.1) is 5.52 Å². The largest absolute Gasteiger partial charge is 0.506 e. The molecule has 0 atom stereocenters.